The molecule has 0 unspecified atom stereocenters. The Morgan fingerprint density at radius 2 is 1.92 bits per heavy atom. The van der Waals surface area contributed by atoms with E-state index < -0.39 is 11.2 Å². The Kier molecular flexibility index (Phi) is 4.58. The quantitative estimate of drug-likeness (QED) is 0.657. The molecule has 0 fully saturated rings. The summed E-state index contributed by atoms with van der Waals surface area (Å²) in [4.78, 5) is 14.6. The topological polar surface area (TPSA) is 20.3 Å². The Balaban J connectivity index is 2.17. The molecule has 0 aromatic heterocycles. The van der Waals surface area contributed by atoms with Gasteiger partial charge in [0.05, 0.1) is 17.1 Å². The Hall–Kier alpha value is -1.58. The standard InChI is InChI=1S/C19H18Cl2FNO/c1-19(2)14-7-4-8-15(22)17(14)23(18(19)24)16(9-10-20)12-5-3-6-13(21)11-12/h3-8,11,16H,9-10H2,1-2H3/t16-/m1/s1. The number of hydrogen-bond acceptors (Lipinski definition) is 1. The van der Waals surface area contributed by atoms with Crippen molar-refractivity contribution < 1.29 is 9.18 Å². The zero-order valence-corrected chi connectivity index (χ0v) is 15.0. The number of para-hydroxylation sites is 1. The summed E-state index contributed by atoms with van der Waals surface area (Å²) >= 11 is 12.1. The van der Waals surface area contributed by atoms with E-state index in [1.165, 1.54) is 6.07 Å². The number of fused-ring (bicyclic) bond motifs is 1. The predicted octanol–water partition coefficient (Wildman–Crippen LogP) is 5.47. The second-order valence-electron chi connectivity index (χ2n) is 6.48. The minimum absolute atomic E-state index is 0.127. The van der Waals surface area contributed by atoms with Crippen LogP contribution in [-0.2, 0) is 10.2 Å². The van der Waals surface area contributed by atoms with Crippen molar-refractivity contribution in [3.8, 4) is 0 Å². The van der Waals surface area contributed by atoms with E-state index in [4.69, 9.17) is 23.2 Å². The molecule has 2 nitrogen and oxygen atoms in total. The van der Waals surface area contributed by atoms with Crippen LogP contribution in [0.15, 0.2) is 42.5 Å². The number of carbonyl (C=O) groups is 1. The van der Waals surface area contributed by atoms with Gasteiger partial charge in [-0.1, -0.05) is 35.9 Å². The monoisotopic (exact) mass is 365 g/mol. The Morgan fingerprint density at radius 3 is 2.58 bits per heavy atom. The molecule has 0 spiro atoms. The number of halogens is 3. The van der Waals surface area contributed by atoms with Crippen molar-refractivity contribution >= 4 is 34.8 Å². The van der Waals surface area contributed by atoms with Crippen molar-refractivity contribution in [3.63, 3.8) is 0 Å². The number of hydrogen-bond donors (Lipinski definition) is 0. The SMILES string of the molecule is CC1(C)C(=O)N([C@H](CCCl)c2cccc(Cl)c2)c2c(F)cccc21. The van der Waals surface area contributed by atoms with E-state index in [1.807, 2.05) is 32.0 Å². The molecule has 1 amide bonds. The molecule has 0 bridgehead atoms. The van der Waals surface area contributed by atoms with E-state index in [1.54, 1.807) is 23.1 Å². The van der Waals surface area contributed by atoms with E-state index in [-0.39, 0.29) is 11.9 Å². The fraction of sp³-hybridized carbons (Fsp3) is 0.316. The fourth-order valence-corrected chi connectivity index (χ4v) is 3.75. The maximum atomic E-state index is 14.6. The number of alkyl halides is 1. The van der Waals surface area contributed by atoms with E-state index >= 15 is 0 Å². The molecule has 2 aromatic carbocycles. The first kappa shape index (κ1) is 17.2. The second-order valence-corrected chi connectivity index (χ2v) is 7.30. The van der Waals surface area contributed by atoms with Crippen molar-refractivity contribution in [3.05, 3.63) is 64.4 Å². The van der Waals surface area contributed by atoms with Crippen LogP contribution in [0, 0.1) is 5.82 Å². The van der Waals surface area contributed by atoms with Crippen LogP contribution in [0.2, 0.25) is 5.02 Å². The molecule has 1 heterocycles. The predicted molar refractivity (Wildman–Crippen MR) is 96.4 cm³/mol. The van der Waals surface area contributed by atoms with Gasteiger partial charge in [-0.2, -0.15) is 0 Å². The van der Waals surface area contributed by atoms with Gasteiger partial charge < -0.3 is 4.90 Å². The summed E-state index contributed by atoms with van der Waals surface area (Å²) in [6.07, 6.45) is 0.511. The van der Waals surface area contributed by atoms with Gasteiger partial charge in [0.1, 0.15) is 5.82 Å². The largest absolute Gasteiger partial charge is 0.301 e. The van der Waals surface area contributed by atoms with Gasteiger partial charge in [-0.05, 0) is 49.6 Å². The van der Waals surface area contributed by atoms with Crippen LogP contribution in [-0.4, -0.2) is 11.8 Å². The zero-order valence-electron chi connectivity index (χ0n) is 13.5. The van der Waals surface area contributed by atoms with Gasteiger partial charge in [-0.3, -0.25) is 4.79 Å². The minimum Gasteiger partial charge on any atom is -0.301 e. The van der Waals surface area contributed by atoms with Gasteiger partial charge in [0, 0.05) is 10.9 Å². The van der Waals surface area contributed by atoms with Crippen LogP contribution in [0.1, 0.15) is 37.4 Å². The lowest BCUT2D eigenvalue weighted by Gasteiger charge is -2.30. The molecule has 1 aliphatic rings. The van der Waals surface area contributed by atoms with E-state index in [2.05, 4.69) is 0 Å². The van der Waals surface area contributed by atoms with Crippen LogP contribution in [0.3, 0.4) is 0 Å². The van der Waals surface area contributed by atoms with Crippen molar-refractivity contribution in [2.75, 3.05) is 10.8 Å². The van der Waals surface area contributed by atoms with Gasteiger partial charge in [0.15, 0.2) is 0 Å². The number of nitrogens with zero attached hydrogens (tertiary/aromatic N) is 1. The van der Waals surface area contributed by atoms with Gasteiger partial charge in [-0.15, -0.1) is 11.6 Å². The smallest absolute Gasteiger partial charge is 0.237 e. The summed E-state index contributed by atoms with van der Waals surface area (Å²) in [7, 11) is 0. The first-order chi connectivity index (χ1) is 11.4. The second kappa shape index (κ2) is 6.38. The number of benzene rings is 2. The van der Waals surface area contributed by atoms with Crippen molar-refractivity contribution in [1.82, 2.24) is 0 Å². The molecule has 2 aromatic rings. The van der Waals surface area contributed by atoms with Crippen molar-refractivity contribution in [2.24, 2.45) is 0 Å². The lowest BCUT2D eigenvalue weighted by molar-refractivity contribution is -0.122. The molecule has 0 N–H and O–H groups in total. The normalized spacial score (nSPS) is 17.0. The third-order valence-corrected chi connectivity index (χ3v) is 5.04. The van der Waals surface area contributed by atoms with Crippen LogP contribution in [0.4, 0.5) is 10.1 Å². The highest BCUT2D eigenvalue weighted by molar-refractivity contribution is 6.30. The van der Waals surface area contributed by atoms with E-state index in [0.717, 1.165) is 5.56 Å². The maximum absolute atomic E-state index is 14.6. The van der Waals surface area contributed by atoms with Gasteiger partial charge >= 0.3 is 0 Å². The number of amides is 1. The maximum Gasteiger partial charge on any atom is 0.237 e. The van der Waals surface area contributed by atoms with Gasteiger partial charge in [0.25, 0.3) is 0 Å². The molecule has 3 rings (SSSR count). The number of rotatable bonds is 4. The molecule has 5 heteroatoms. The Labute approximate surface area is 151 Å². The molecule has 0 aliphatic carbocycles. The highest BCUT2D eigenvalue weighted by atomic mass is 35.5. The van der Waals surface area contributed by atoms with Crippen LogP contribution >= 0.6 is 23.2 Å². The Bertz CT molecular complexity index is 791. The van der Waals surface area contributed by atoms with Crippen molar-refractivity contribution in [2.45, 2.75) is 31.7 Å². The Morgan fingerprint density at radius 1 is 1.21 bits per heavy atom. The van der Waals surface area contributed by atoms with Crippen LogP contribution in [0.25, 0.3) is 0 Å². The average Bonchev–Trinajstić information content (AvgIpc) is 2.74. The molecule has 1 atom stereocenters. The summed E-state index contributed by atoms with van der Waals surface area (Å²) in [5.41, 5.74) is 1.13. The fourth-order valence-electron chi connectivity index (χ4n) is 3.34. The molecule has 24 heavy (non-hydrogen) atoms. The third-order valence-electron chi connectivity index (χ3n) is 4.58. The summed E-state index contributed by atoms with van der Waals surface area (Å²) in [6, 6.07) is 11.8. The van der Waals surface area contributed by atoms with E-state index in [0.29, 0.717) is 28.6 Å². The summed E-state index contributed by atoms with van der Waals surface area (Å²) < 4.78 is 14.6. The van der Waals surface area contributed by atoms with Gasteiger partial charge in [0.2, 0.25) is 5.91 Å². The summed E-state index contributed by atoms with van der Waals surface area (Å²) in [5.74, 6) is -0.170. The van der Waals surface area contributed by atoms with E-state index in [9.17, 15) is 9.18 Å². The zero-order chi connectivity index (χ0) is 17.5. The lowest BCUT2D eigenvalue weighted by Crippen LogP contribution is -2.39. The lowest BCUT2D eigenvalue weighted by atomic mass is 9.86. The summed E-state index contributed by atoms with van der Waals surface area (Å²) in [6.45, 7) is 3.65. The summed E-state index contributed by atoms with van der Waals surface area (Å²) in [5, 5.41) is 0.576. The average molecular weight is 366 g/mol. The molecule has 126 valence electrons. The first-order valence-corrected chi connectivity index (χ1v) is 8.73. The number of carbonyl (C=O) groups excluding carboxylic acids is 1. The van der Waals surface area contributed by atoms with Crippen LogP contribution < -0.4 is 4.90 Å². The molecule has 0 saturated carbocycles. The molecule has 1 aliphatic heterocycles. The molecule has 0 saturated heterocycles. The number of anilines is 1. The highest BCUT2D eigenvalue weighted by Gasteiger charge is 2.47. The van der Waals surface area contributed by atoms with Gasteiger partial charge in [-0.25, -0.2) is 4.39 Å². The third kappa shape index (κ3) is 2.70. The molecule has 0 radical (unpaired) electrons. The first-order valence-electron chi connectivity index (χ1n) is 7.82. The van der Waals surface area contributed by atoms with Crippen LogP contribution in [0.5, 0.6) is 0 Å². The minimum atomic E-state index is -0.777. The molecular formula is C19H18Cl2FNO. The van der Waals surface area contributed by atoms with Crippen molar-refractivity contribution in [1.29, 1.82) is 0 Å². The highest BCUT2D eigenvalue weighted by Crippen LogP contribution is 2.47. The molecular weight excluding hydrogens is 348 g/mol.